The second kappa shape index (κ2) is 10.0. The Morgan fingerprint density at radius 2 is 1.02 bits per heavy atom. The van der Waals surface area contributed by atoms with Gasteiger partial charge in [0, 0.05) is 39.7 Å². The van der Waals surface area contributed by atoms with E-state index in [1.165, 1.54) is 22.3 Å². The van der Waals surface area contributed by atoms with E-state index in [4.69, 9.17) is 18.8 Å². The molecular formula is C41H29N3O2. The fourth-order valence-corrected chi connectivity index (χ4v) is 6.80. The summed E-state index contributed by atoms with van der Waals surface area (Å²) in [7, 11) is 0. The third kappa shape index (κ3) is 4.16. The van der Waals surface area contributed by atoms with Crippen LogP contribution in [0.3, 0.4) is 0 Å². The molecule has 1 aliphatic rings. The maximum absolute atomic E-state index is 6.36. The Morgan fingerprint density at radius 3 is 1.72 bits per heavy atom. The average Bonchev–Trinajstić information content (AvgIpc) is 3.78. The number of nitrogens with zero attached hydrogens (tertiary/aromatic N) is 3. The Bertz CT molecular complexity index is 2370. The molecule has 5 heteroatoms. The number of hydrogen-bond acceptors (Lipinski definition) is 5. The largest absolute Gasteiger partial charge is 0.436 e. The van der Waals surface area contributed by atoms with Crippen LogP contribution >= 0.6 is 0 Å². The van der Waals surface area contributed by atoms with Gasteiger partial charge in [-0.25, -0.2) is 9.97 Å². The molecule has 220 valence electrons. The minimum Gasteiger partial charge on any atom is -0.436 e. The molecule has 46 heavy (non-hydrogen) atoms. The third-order valence-electron chi connectivity index (χ3n) is 9.12. The molecule has 5 nitrogen and oxygen atoms in total. The zero-order valence-electron chi connectivity index (χ0n) is 25.4. The molecule has 0 radical (unpaired) electrons. The predicted octanol–water partition coefficient (Wildman–Crippen LogP) is 11.1. The highest BCUT2D eigenvalue weighted by Crippen LogP contribution is 2.49. The van der Waals surface area contributed by atoms with Crippen LogP contribution in [0.15, 0.2) is 148 Å². The molecule has 0 spiro atoms. The van der Waals surface area contributed by atoms with E-state index in [1.807, 2.05) is 66.7 Å². The molecule has 0 saturated carbocycles. The normalized spacial score (nSPS) is 13.2. The smallest absolute Gasteiger partial charge is 0.227 e. The number of fused-ring (bicyclic) bond motifs is 5. The highest BCUT2D eigenvalue weighted by molar-refractivity contribution is 5.87. The van der Waals surface area contributed by atoms with Crippen molar-refractivity contribution in [2.45, 2.75) is 19.3 Å². The van der Waals surface area contributed by atoms with Gasteiger partial charge in [-0.3, -0.25) is 0 Å². The Labute approximate surface area is 266 Å². The minimum atomic E-state index is -0.0901. The summed E-state index contributed by atoms with van der Waals surface area (Å²) in [5.41, 5.74) is 13.0. The van der Waals surface area contributed by atoms with Gasteiger partial charge in [-0.05, 0) is 89.0 Å². The fraction of sp³-hybridized carbons (Fsp3) is 0.0732. The zero-order chi connectivity index (χ0) is 30.8. The summed E-state index contributed by atoms with van der Waals surface area (Å²) in [5, 5.41) is 0. The zero-order valence-corrected chi connectivity index (χ0v) is 25.4. The Balaban J connectivity index is 1.06. The van der Waals surface area contributed by atoms with Crippen LogP contribution in [0.5, 0.6) is 0 Å². The van der Waals surface area contributed by atoms with Crippen molar-refractivity contribution in [2.24, 2.45) is 0 Å². The first-order chi connectivity index (χ1) is 22.5. The SMILES string of the molecule is CC1(C)c2ccccc2-c2ccc(-c3nc4ccc(-c5nc6ccc(N(c7ccccc7)c7ccccc7)cc6o5)cc4o3)cc21. The molecule has 2 aromatic heterocycles. The molecule has 6 aromatic carbocycles. The van der Waals surface area contributed by atoms with Gasteiger partial charge in [0.15, 0.2) is 11.2 Å². The lowest BCUT2D eigenvalue weighted by Gasteiger charge is -2.25. The predicted molar refractivity (Wildman–Crippen MR) is 185 cm³/mol. The quantitative estimate of drug-likeness (QED) is 0.198. The number of hydrogen-bond donors (Lipinski definition) is 0. The van der Waals surface area contributed by atoms with E-state index >= 15 is 0 Å². The molecule has 0 atom stereocenters. The van der Waals surface area contributed by atoms with Crippen LogP contribution < -0.4 is 4.90 Å². The first-order valence-electron chi connectivity index (χ1n) is 15.5. The van der Waals surface area contributed by atoms with Gasteiger partial charge in [-0.1, -0.05) is 80.6 Å². The van der Waals surface area contributed by atoms with Crippen molar-refractivity contribution in [3.63, 3.8) is 0 Å². The van der Waals surface area contributed by atoms with E-state index in [0.717, 1.165) is 39.2 Å². The van der Waals surface area contributed by atoms with E-state index in [2.05, 4.69) is 91.5 Å². The molecule has 1 aliphatic carbocycles. The standard InChI is InChI=1S/C41H29N3O2/c1-41(2)33-16-10-9-15-31(33)32-20-17-26(23-34(32)41)39-42-35-21-18-27(24-37(35)45-39)40-43-36-22-19-30(25-38(36)46-40)44(28-11-5-3-6-12-28)29-13-7-4-8-14-29/h3-25H,1-2H3. The van der Waals surface area contributed by atoms with Crippen molar-refractivity contribution in [1.82, 2.24) is 9.97 Å². The second-order valence-corrected chi connectivity index (χ2v) is 12.3. The topological polar surface area (TPSA) is 55.3 Å². The molecule has 0 aliphatic heterocycles. The Morgan fingerprint density at radius 1 is 0.478 bits per heavy atom. The van der Waals surface area contributed by atoms with E-state index < -0.39 is 0 Å². The number of rotatable bonds is 5. The minimum absolute atomic E-state index is 0.0901. The number of oxazole rings is 2. The molecule has 8 aromatic rings. The van der Waals surface area contributed by atoms with Gasteiger partial charge in [0.2, 0.25) is 11.8 Å². The maximum Gasteiger partial charge on any atom is 0.227 e. The molecule has 0 bridgehead atoms. The Kier molecular flexibility index (Phi) is 5.78. The summed E-state index contributed by atoms with van der Waals surface area (Å²) in [6.07, 6.45) is 0. The van der Waals surface area contributed by atoms with Crippen molar-refractivity contribution in [1.29, 1.82) is 0 Å². The highest BCUT2D eigenvalue weighted by Gasteiger charge is 2.35. The first-order valence-corrected chi connectivity index (χ1v) is 15.5. The lowest BCUT2D eigenvalue weighted by Crippen LogP contribution is -2.14. The maximum atomic E-state index is 6.36. The Hall–Kier alpha value is -5.94. The van der Waals surface area contributed by atoms with E-state index in [0.29, 0.717) is 22.9 Å². The van der Waals surface area contributed by atoms with E-state index in [-0.39, 0.29) is 5.41 Å². The number of anilines is 3. The van der Waals surface area contributed by atoms with Gasteiger partial charge < -0.3 is 13.7 Å². The van der Waals surface area contributed by atoms with Crippen LogP contribution in [0.4, 0.5) is 17.1 Å². The van der Waals surface area contributed by atoms with Gasteiger partial charge in [0.1, 0.15) is 11.0 Å². The summed E-state index contributed by atoms with van der Waals surface area (Å²) in [4.78, 5) is 11.9. The van der Waals surface area contributed by atoms with Gasteiger partial charge >= 0.3 is 0 Å². The van der Waals surface area contributed by atoms with Crippen LogP contribution in [0.1, 0.15) is 25.0 Å². The van der Waals surface area contributed by atoms with Gasteiger partial charge in [0.05, 0.1) is 0 Å². The van der Waals surface area contributed by atoms with E-state index in [9.17, 15) is 0 Å². The molecular weight excluding hydrogens is 566 g/mol. The molecule has 0 unspecified atom stereocenters. The molecule has 0 N–H and O–H groups in total. The van der Waals surface area contributed by atoms with Crippen LogP contribution in [-0.2, 0) is 5.41 Å². The van der Waals surface area contributed by atoms with Crippen molar-refractivity contribution in [2.75, 3.05) is 4.90 Å². The molecule has 0 saturated heterocycles. The summed E-state index contributed by atoms with van der Waals surface area (Å²) < 4.78 is 12.7. The van der Waals surface area contributed by atoms with Gasteiger partial charge in [-0.15, -0.1) is 0 Å². The van der Waals surface area contributed by atoms with Crippen LogP contribution in [0.25, 0.3) is 56.2 Å². The van der Waals surface area contributed by atoms with Crippen molar-refractivity contribution in [3.8, 4) is 34.0 Å². The monoisotopic (exact) mass is 595 g/mol. The van der Waals surface area contributed by atoms with Crippen molar-refractivity contribution >= 4 is 39.3 Å². The lowest BCUT2D eigenvalue weighted by atomic mass is 9.82. The number of benzene rings is 6. The van der Waals surface area contributed by atoms with E-state index in [1.54, 1.807) is 0 Å². The van der Waals surface area contributed by atoms with Crippen LogP contribution in [0.2, 0.25) is 0 Å². The third-order valence-corrected chi connectivity index (χ3v) is 9.12. The second-order valence-electron chi connectivity index (χ2n) is 12.3. The first kappa shape index (κ1) is 26.5. The summed E-state index contributed by atoms with van der Waals surface area (Å²) in [6.45, 7) is 4.56. The average molecular weight is 596 g/mol. The molecule has 0 fully saturated rings. The molecule has 9 rings (SSSR count). The molecule has 2 heterocycles. The summed E-state index contributed by atoms with van der Waals surface area (Å²) in [5.74, 6) is 1.14. The number of aromatic nitrogens is 2. The summed E-state index contributed by atoms with van der Waals surface area (Å²) >= 11 is 0. The van der Waals surface area contributed by atoms with Crippen LogP contribution in [0, 0.1) is 0 Å². The highest BCUT2D eigenvalue weighted by atomic mass is 16.4. The van der Waals surface area contributed by atoms with Gasteiger partial charge in [-0.2, -0.15) is 0 Å². The van der Waals surface area contributed by atoms with Crippen molar-refractivity contribution < 1.29 is 8.83 Å². The van der Waals surface area contributed by atoms with Crippen molar-refractivity contribution in [3.05, 3.63) is 151 Å². The summed E-state index contributed by atoms with van der Waals surface area (Å²) in [6, 6.07) is 47.9. The van der Waals surface area contributed by atoms with Crippen LogP contribution in [-0.4, -0.2) is 9.97 Å². The fourth-order valence-electron chi connectivity index (χ4n) is 6.80. The number of para-hydroxylation sites is 2. The lowest BCUT2D eigenvalue weighted by molar-refractivity contribution is 0.613. The van der Waals surface area contributed by atoms with Gasteiger partial charge in [0.25, 0.3) is 0 Å². The molecule has 0 amide bonds.